The standard InChI is InChI=1S/C13H21N3O2/c1-8-4-5-16(12(8)7-17)13(18)6-11-9(2)14-15-10(11)3/h8,12,17H,4-7H2,1-3H3,(H,14,15). The average molecular weight is 251 g/mol. The molecule has 2 rings (SSSR count). The fraction of sp³-hybridized carbons (Fsp3) is 0.692. The van der Waals surface area contributed by atoms with Crippen LogP contribution in [0.4, 0.5) is 0 Å². The monoisotopic (exact) mass is 251 g/mol. The number of amides is 1. The molecule has 1 saturated heterocycles. The molecule has 1 aliphatic rings. The minimum atomic E-state index is -0.0231. The fourth-order valence-corrected chi connectivity index (χ4v) is 2.68. The van der Waals surface area contributed by atoms with Gasteiger partial charge in [-0.05, 0) is 26.2 Å². The lowest BCUT2D eigenvalue weighted by Crippen LogP contribution is -2.40. The summed E-state index contributed by atoms with van der Waals surface area (Å²) in [7, 11) is 0. The highest BCUT2D eigenvalue weighted by Gasteiger charge is 2.33. The lowest BCUT2D eigenvalue weighted by molar-refractivity contribution is -0.132. The molecule has 1 amide bonds. The molecule has 0 spiro atoms. The van der Waals surface area contributed by atoms with Gasteiger partial charge in [0.15, 0.2) is 0 Å². The van der Waals surface area contributed by atoms with Gasteiger partial charge in [-0.3, -0.25) is 9.89 Å². The molecule has 2 heterocycles. The Morgan fingerprint density at radius 2 is 2.28 bits per heavy atom. The van der Waals surface area contributed by atoms with Crippen molar-refractivity contribution in [2.45, 2.75) is 39.7 Å². The molecular weight excluding hydrogens is 230 g/mol. The Labute approximate surface area is 107 Å². The molecule has 0 bridgehead atoms. The molecule has 0 aromatic carbocycles. The van der Waals surface area contributed by atoms with E-state index in [0.717, 1.165) is 29.9 Å². The van der Waals surface area contributed by atoms with Gasteiger partial charge in [0.1, 0.15) is 0 Å². The molecule has 5 nitrogen and oxygen atoms in total. The number of nitrogens with zero attached hydrogens (tertiary/aromatic N) is 2. The topological polar surface area (TPSA) is 69.2 Å². The number of H-pyrrole nitrogens is 1. The molecule has 0 radical (unpaired) electrons. The molecule has 2 N–H and O–H groups in total. The molecule has 5 heteroatoms. The predicted octanol–water partition coefficient (Wildman–Crippen LogP) is 0.798. The normalized spacial score (nSPS) is 23.7. The van der Waals surface area contributed by atoms with Crippen molar-refractivity contribution in [3.05, 3.63) is 17.0 Å². The summed E-state index contributed by atoms with van der Waals surface area (Å²) in [6, 6.07) is -0.0231. The van der Waals surface area contributed by atoms with Crippen LogP contribution in [0.1, 0.15) is 30.3 Å². The number of aryl methyl sites for hydroxylation is 2. The average Bonchev–Trinajstić information content (AvgIpc) is 2.86. The third-order valence-electron chi connectivity index (χ3n) is 4.00. The highest BCUT2D eigenvalue weighted by Crippen LogP contribution is 2.24. The SMILES string of the molecule is Cc1n[nH]c(C)c1CC(=O)N1CCC(C)C1CO. The minimum absolute atomic E-state index is 0.0231. The smallest absolute Gasteiger partial charge is 0.227 e. The number of nitrogens with one attached hydrogen (secondary N) is 1. The van der Waals surface area contributed by atoms with E-state index in [9.17, 15) is 9.90 Å². The number of carbonyl (C=O) groups is 1. The van der Waals surface area contributed by atoms with E-state index in [1.165, 1.54) is 0 Å². The summed E-state index contributed by atoms with van der Waals surface area (Å²) in [6.07, 6.45) is 1.34. The molecule has 0 aliphatic carbocycles. The highest BCUT2D eigenvalue weighted by atomic mass is 16.3. The van der Waals surface area contributed by atoms with E-state index in [2.05, 4.69) is 17.1 Å². The number of carbonyl (C=O) groups excluding carboxylic acids is 1. The molecule has 1 fully saturated rings. The van der Waals surface area contributed by atoms with Crippen molar-refractivity contribution >= 4 is 5.91 Å². The van der Waals surface area contributed by atoms with Gasteiger partial charge in [0, 0.05) is 17.8 Å². The molecule has 1 aliphatic heterocycles. The number of aliphatic hydroxyl groups is 1. The second-order valence-corrected chi connectivity index (χ2v) is 5.19. The Balaban J connectivity index is 2.09. The summed E-state index contributed by atoms with van der Waals surface area (Å²) in [5.41, 5.74) is 2.82. The van der Waals surface area contributed by atoms with Gasteiger partial charge in [0.25, 0.3) is 0 Å². The fourth-order valence-electron chi connectivity index (χ4n) is 2.68. The molecule has 2 atom stereocenters. The summed E-state index contributed by atoms with van der Waals surface area (Å²) >= 11 is 0. The van der Waals surface area contributed by atoms with Crippen LogP contribution in [0.15, 0.2) is 0 Å². The van der Waals surface area contributed by atoms with Gasteiger partial charge in [-0.15, -0.1) is 0 Å². The Morgan fingerprint density at radius 3 is 2.83 bits per heavy atom. The maximum atomic E-state index is 12.3. The summed E-state index contributed by atoms with van der Waals surface area (Å²) in [6.45, 7) is 6.72. The molecular formula is C13H21N3O2. The van der Waals surface area contributed by atoms with Crippen molar-refractivity contribution in [3.63, 3.8) is 0 Å². The number of hydrogen-bond donors (Lipinski definition) is 2. The van der Waals surface area contributed by atoms with Crippen LogP contribution in [0.2, 0.25) is 0 Å². The Morgan fingerprint density at radius 1 is 1.56 bits per heavy atom. The molecule has 1 aromatic rings. The van der Waals surface area contributed by atoms with Gasteiger partial charge in [-0.2, -0.15) is 5.10 Å². The molecule has 0 saturated carbocycles. The van der Waals surface area contributed by atoms with Crippen LogP contribution in [0.3, 0.4) is 0 Å². The van der Waals surface area contributed by atoms with Crippen LogP contribution >= 0.6 is 0 Å². The number of aromatic amines is 1. The van der Waals surface area contributed by atoms with Crippen LogP contribution in [0.5, 0.6) is 0 Å². The van der Waals surface area contributed by atoms with Gasteiger partial charge in [0.2, 0.25) is 5.91 Å². The largest absolute Gasteiger partial charge is 0.394 e. The van der Waals surface area contributed by atoms with Crippen molar-refractivity contribution < 1.29 is 9.90 Å². The predicted molar refractivity (Wildman–Crippen MR) is 68.1 cm³/mol. The lowest BCUT2D eigenvalue weighted by atomic mass is 10.0. The number of likely N-dealkylation sites (tertiary alicyclic amines) is 1. The van der Waals surface area contributed by atoms with Crippen molar-refractivity contribution in [2.75, 3.05) is 13.2 Å². The van der Waals surface area contributed by atoms with Crippen LogP contribution in [-0.2, 0) is 11.2 Å². The summed E-state index contributed by atoms with van der Waals surface area (Å²) in [5, 5.41) is 16.4. The van der Waals surface area contributed by atoms with Crippen molar-refractivity contribution in [1.29, 1.82) is 0 Å². The Hall–Kier alpha value is -1.36. The number of aliphatic hydroxyl groups excluding tert-OH is 1. The minimum Gasteiger partial charge on any atom is -0.394 e. The first-order chi connectivity index (χ1) is 8.54. The second-order valence-electron chi connectivity index (χ2n) is 5.19. The lowest BCUT2D eigenvalue weighted by Gasteiger charge is -2.25. The first-order valence-electron chi connectivity index (χ1n) is 6.45. The number of rotatable bonds is 3. The molecule has 18 heavy (non-hydrogen) atoms. The zero-order valence-corrected chi connectivity index (χ0v) is 11.2. The first-order valence-corrected chi connectivity index (χ1v) is 6.45. The van der Waals surface area contributed by atoms with Crippen molar-refractivity contribution in [3.8, 4) is 0 Å². The van der Waals surface area contributed by atoms with Gasteiger partial charge in [0.05, 0.1) is 24.8 Å². The van der Waals surface area contributed by atoms with Crippen LogP contribution in [0.25, 0.3) is 0 Å². The first kappa shape index (κ1) is 13.1. The Kier molecular flexibility index (Phi) is 3.71. The van der Waals surface area contributed by atoms with Crippen molar-refractivity contribution in [2.24, 2.45) is 5.92 Å². The zero-order chi connectivity index (χ0) is 13.3. The van der Waals surface area contributed by atoms with Gasteiger partial charge in [-0.1, -0.05) is 6.92 Å². The third-order valence-corrected chi connectivity index (χ3v) is 4.00. The summed E-state index contributed by atoms with van der Waals surface area (Å²) in [5.74, 6) is 0.469. The van der Waals surface area contributed by atoms with Crippen LogP contribution in [0, 0.1) is 19.8 Å². The maximum absolute atomic E-state index is 12.3. The molecule has 1 aromatic heterocycles. The third kappa shape index (κ3) is 2.27. The van der Waals surface area contributed by atoms with E-state index in [1.54, 1.807) is 0 Å². The van der Waals surface area contributed by atoms with Crippen molar-refractivity contribution in [1.82, 2.24) is 15.1 Å². The van der Waals surface area contributed by atoms with Crippen LogP contribution < -0.4 is 0 Å². The van der Waals surface area contributed by atoms with Gasteiger partial charge >= 0.3 is 0 Å². The maximum Gasteiger partial charge on any atom is 0.227 e. The van der Waals surface area contributed by atoms with E-state index >= 15 is 0 Å². The van der Waals surface area contributed by atoms with Gasteiger partial charge < -0.3 is 10.0 Å². The molecule has 2 unspecified atom stereocenters. The highest BCUT2D eigenvalue weighted by molar-refractivity contribution is 5.80. The number of hydrogen-bond acceptors (Lipinski definition) is 3. The van der Waals surface area contributed by atoms with Crippen LogP contribution in [-0.4, -0.2) is 45.3 Å². The number of aromatic nitrogens is 2. The van der Waals surface area contributed by atoms with E-state index in [0.29, 0.717) is 12.3 Å². The van der Waals surface area contributed by atoms with E-state index < -0.39 is 0 Å². The Bertz CT molecular complexity index is 422. The quantitative estimate of drug-likeness (QED) is 0.835. The van der Waals surface area contributed by atoms with E-state index in [1.807, 2.05) is 18.7 Å². The summed E-state index contributed by atoms with van der Waals surface area (Å²) < 4.78 is 0. The van der Waals surface area contributed by atoms with Gasteiger partial charge in [-0.25, -0.2) is 0 Å². The second kappa shape index (κ2) is 5.10. The van der Waals surface area contributed by atoms with E-state index in [4.69, 9.17) is 0 Å². The molecule has 100 valence electrons. The zero-order valence-electron chi connectivity index (χ0n) is 11.2. The van der Waals surface area contributed by atoms with E-state index in [-0.39, 0.29) is 18.6 Å². The summed E-state index contributed by atoms with van der Waals surface area (Å²) in [4.78, 5) is 14.1.